The van der Waals surface area contributed by atoms with Crippen LogP contribution in [0.25, 0.3) is 0 Å². The van der Waals surface area contributed by atoms with Crippen LogP contribution < -0.4 is 5.48 Å². The minimum atomic E-state index is -4.95. The highest BCUT2D eigenvalue weighted by Crippen LogP contribution is 2.10. The first-order valence-electron chi connectivity index (χ1n) is 8.86. The zero-order valence-electron chi connectivity index (χ0n) is 15.1. The molecule has 10 heteroatoms. The molecule has 0 heterocycles. The van der Waals surface area contributed by atoms with E-state index in [1.807, 2.05) is 0 Å². The van der Waals surface area contributed by atoms with Gasteiger partial charge in [-0.1, -0.05) is 58.3 Å². The Kier molecular flexibility index (Phi) is 12.6. The lowest BCUT2D eigenvalue weighted by atomic mass is 10.1. The summed E-state index contributed by atoms with van der Waals surface area (Å²) in [6.45, 7) is 2.16. The van der Waals surface area contributed by atoms with Crippen molar-refractivity contribution in [1.29, 1.82) is 0 Å². The Balaban J connectivity index is 3.93. The highest BCUT2D eigenvalue weighted by atomic mass is 32.2. The molecule has 3 N–H and O–H groups in total. The van der Waals surface area contributed by atoms with E-state index in [1.54, 1.807) is 5.48 Å². The maximum atomic E-state index is 11.5. The van der Waals surface area contributed by atoms with Gasteiger partial charge in [0.25, 0.3) is 16.0 Å². The third-order valence-electron chi connectivity index (χ3n) is 3.76. The van der Waals surface area contributed by atoms with Crippen LogP contribution >= 0.6 is 0 Å². The molecular formula is C16H29NO8S. The third-order valence-corrected chi connectivity index (χ3v) is 4.83. The molecule has 0 saturated carbocycles. The fourth-order valence-corrected chi connectivity index (χ4v) is 2.93. The minimum Gasteiger partial charge on any atom is -0.481 e. The highest BCUT2D eigenvalue weighted by molar-refractivity contribution is 7.87. The van der Waals surface area contributed by atoms with Gasteiger partial charge >= 0.3 is 11.9 Å². The van der Waals surface area contributed by atoms with Gasteiger partial charge in [0.2, 0.25) is 0 Å². The number of aliphatic carboxylic acids is 1. The lowest BCUT2D eigenvalue weighted by Crippen LogP contribution is -2.38. The first-order chi connectivity index (χ1) is 12.2. The molecule has 1 unspecified atom stereocenters. The molecule has 0 radical (unpaired) electrons. The summed E-state index contributed by atoms with van der Waals surface area (Å²) in [5.41, 5.74) is 1.78. The predicted molar refractivity (Wildman–Crippen MR) is 93.7 cm³/mol. The summed E-state index contributed by atoms with van der Waals surface area (Å²) >= 11 is 0. The molecule has 152 valence electrons. The van der Waals surface area contributed by atoms with Crippen molar-refractivity contribution in [2.75, 3.05) is 0 Å². The van der Waals surface area contributed by atoms with Crippen LogP contribution in [0.5, 0.6) is 0 Å². The lowest BCUT2D eigenvalue weighted by Gasteiger charge is -2.11. The number of amides is 1. The van der Waals surface area contributed by atoms with E-state index in [0.29, 0.717) is 6.42 Å². The largest absolute Gasteiger partial charge is 0.481 e. The predicted octanol–water partition coefficient (Wildman–Crippen LogP) is 2.21. The molecule has 0 aromatic carbocycles. The van der Waals surface area contributed by atoms with Gasteiger partial charge in [-0.05, 0) is 6.42 Å². The standard InChI is InChI=1S/C16H29NO8S/c1-2-3-4-5-6-7-8-9-10-11-14(18)17-25-16(21)13(12-15(19)20)26(22,23)24/h13H,2-12H2,1H3,(H,17,18)(H,19,20)(H,22,23,24). The maximum Gasteiger partial charge on any atom is 0.353 e. The molecular weight excluding hydrogens is 366 g/mol. The first-order valence-corrected chi connectivity index (χ1v) is 10.4. The van der Waals surface area contributed by atoms with Crippen molar-refractivity contribution in [3.8, 4) is 0 Å². The number of carbonyl (C=O) groups excluding carboxylic acids is 2. The van der Waals surface area contributed by atoms with Crippen LogP contribution in [0.3, 0.4) is 0 Å². The fourth-order valence-electron chi connectivity index (χ4n) is 2.29. The number of unbranched alkanes of at least 4 members (excludes halogenated alkanes) is 8. The monoisotopic (exact) mass is 395 g/mol. The van der Waals surface area contributed by atoms with Crippen LogP contribution in [0.4, 0.5) is 0 Å². The molecule has 0 aliphatic heterocycles. The molecule has 9 nitrogen and oxygen atoms in total. The van der Waals surface area contributed by atoms with Crippen LogP contribution in [0.1, 0.15) is 77.6 Å². The Morgan fingerprint density at radius 3 is 1.92 bits per heavy atom. The Hall–Kier alpha value is -1.68. The van der Waals surface area contributed by atoms with Crippen molar-refractivity contribution >= 4 is 28.0 Å². The quantitative estimate of drug-likeness (QED) is 0.230. The molecule has 1 amide bonds. The van der Waals surface area contributed by atoms with Crippen molar-refractivity contribution in [2.45, 2.75) is 82.8 Å². The lowest BCUT2D eigenvalue weighted by molar-refractivity contribution is -0.159. The van der Waals surface area contributed by atoms with Crippen molar-refractivity contribution in [2.24, 2.45) is 0 Å². The van der Waals surface area contributed by atoms with E-state index in [0.717, 1.165) is 19.3 Å². The van der Waals surface area contributed by atoms with Gasteiger partial charge in [-0.2, -0.15) is 13.9 Å². The number of carbonyl (C=O) groups is 3. The Morgan fingerprint density at radius 1 is 0.962 bits per heavy atom. The first kappa shape index (κ1) is 24.3. The molecule has 0 aromatic rings. The minimum absolute atomic E-state index is 0.0958. The van der Waals surface area contributed by atoms with Crippen molar-refractivity contribution < 1.29 is 37.3 Å². The van der Waals surface area contributed by atoms with E-state index < -0.39 is 39.6 Å². The van der Waals surface area contributed by atoms with E-state index in [2.05, 4.69) is 11.8 Å². The topological polar surface area (TPSA) is 147 Å². The van der Waals surface area contributed by atoms with Crippen LogP contribution in [-0.2, 0) is 29.3 Å². The normalized spacial score (nSPS) is 12.4. The number of hydrogen-bond donors (Lipinski definition) is 3. The summed E-state index contributed by atoms with van der Waals surface area (Å²) in [7, 11) is -4.95. The van der Waals surface area contributed by atoms with E-state index in [1.165, 1.54) is 32.1 Å². The molecule has 0 bridgehead atoms. The van der Waals surface area contributed by atoms with Gasteiger partial charge in [0, 0.05) is 6.42 Å². The number of carboxylic acid groups (broad SMARTS) is 1. The van der Waals surface area contributed by atoms with Gasteiger partial charge in [0.1, 0.15) is 0 Å². The molecule has 26 heavy (non-hydrogen) atoms. The van der Waals surface area contributed by atoms with E-state index in [9.17, 15) is 22.8 Å². The van der Waals surface area contributed by atoms with Gasteiger partial charge in [-0.25, -0.2) is 4.79 Å². The number of hydrogen-bond acceptors (Lipinski definition) is 6. The van der Waals surface area contributed by atoms with Crippen molar-refractivity contribution in [3.63, 3.8) is 0 Å². The molecule has 0 saturated heterocycles. The van der Waals surface area contributed by atoms with Crippen molar-refractivity contribution in [1.82, 2.24) is 5.48 Å². The molecule has 0 aliphatic carbocycles. The maximum absolute atomic E-state index is 11.5. The molecule has 1 atom stereocenters. The second-order valence-corrected chi connectivity index (χ2v) is 7.73. The summed E-state index contributed by atoms with van der Waals surface area (Å²) in [4.78, 5) is 37.9. The van der Waals surface area contributed by atoms with Gasteiger partial charge in [0.15, 0.2) is 5.25 Å². The van der Waals surface area contributed by atoms with Crippen LogP contribution in [-0.4, -0.2) is 41.2 Å². The molecule has 0 aliphatic rings. The smallest absolute Gasteiger partial charge is 0.353 e. The van der Waals surface area contributed by atoms with E-state index >= 15 is 0 Å². The number of carboxylic acids is 1. The molecule has 0 aromatic heterocycles. The number of nitrogens with one attached hydrogen (secondary N) is 1. The van der Waals surface area contributed by atoms with Crippen molar-refractivity contribution in [3.05, 3.63) is 0 Å². The molecule has 0 spiro atoms. The summed E-state index contributed by atoms with van der Waals surface area (Å²) in [6, 6.07) is 0. The van der Waals surface area contributed by atoms with Gasteiger partial charge in [0.05, 0.1) is 6.42 Å². The Labute approximate surface area is 154 Å². The molecule has 0 rings (SSSR count). The molecule has 0 fully saturated rings. The Morgan fingerprint density at radius 2 is 1.46 bits per heavy atom. The SMILES string of the molecule is CCCCCCCCCCCC(=O)NOC(=O)C(CC(=O)O)S(=O)(=O)O. The summed E-state index contributed by atoms with van der Waals surface area (Å²) in [5, 5.41) is 6.27. The average Bonchev–Trinajstić information content (AvgIpc) is 2.55. The van der Waals surface area contributed by atoms with E-state index in [4.69, 9.17) is 9.66 Å². The van der Waals surface area contributed by atoms with Gasteiger partial charge in [-0.15, -0.1) is 0 Å². The average molecular weight is 395 g/mol. The summed E-state index contributed by atoms with van der Waals surface area (Å²) < 4.78 is 30.8. The zero-order valence-corrected chi connectivity index (χ0v) is 15.9. The van der Waals surface area contributed by atoms with Crippen LogP contribution in [0.15, 0.2) is 0 Å². The third kappa shape index (κ3) is 12.6. The Bertz CT molecular complexity index is 546. The number of hydroxylamine groups is 1. The highest BCUT2D eigenvalue weighted by Gasteiger charge is 2.35. The van der Waals surface area contributed by atoms with Crippen LogP contribution in [0, 0.1) is 0 Å². The van der Waals surface area contributed by atoms with E-state index in [-0.39, 0.29) is 6.42 Å². The zero-order chi connectivity index (χ0) is 20.0. The van der Waals surface area contributed by atoms with Gasteiger partial charge < -0.3 is 9.94 Å². The summed E-state index contributed by atoms with van der Waals surface area (Å²) in [6.07, 6.45) is 8.58. The second kappa shape index (κ2) is 13.5. The number of rotatable bonds is 14. The van der Waals surface area contributed by atoms with Gasteiger partial charge in [-0.3, -0.25) is 14.1 Å². The fraction of sp³-hybridized carbons (Fsp3) is 0.812. The van der Waals surface area contributed by atoms with Crippen LogP contribution in [0.2, 0.25) is 0 Å². The second-order valence-electron chi connectivity index (χ2n) is 6.13. The summed E-state index contributed by atoms with van der Waals surface area (Å²) in [5.74, 6) is -3.77.